The lowest BCUT2D eigenvalue weighted by Gasteiger charge is -2.06. The molecule has 1 amide bonds. The van der Waals surface area contributed by atoms with E-state index in [1.54, 1.807) is 0 Å². The normalized spacial score (nSPS) is 11.2. The van der Waals surface area contributed by atoms with Crippen LogP contribution in [0, 0.1) is 5.82 Å². The third-order valence-electron chi connectivity index (χ3n) is 2.58. The average molecular weight is 313 g/mol. The lowest BCUT2D eigenvalue weighted by atomic mass is 10.2. The third kappa shape index (κ3) is 3.88. The lowest BCUT2D eigenvalue weighted by molar-refractivity contribution is -0.119. The minimum absolute atomic E-state index is 0.0608. The maximum Gasteiger partial charge on any atom is 0.264 e. The molecule has 0 aliphatic heterocycles. The van der Waals surface area contributed by atoms with Gasteiger partial charge in [-0.05, 0) is 47.0 Å². The molecule has 4 nitrogen and oxygen atoms in total. The molecule has 20 heavy (non-hydrogen) atoms. The molecule has 0 saturated carbocycles. The Morgan fingerprint density at radius 2 is 2.10 bits per heavy atom. The van der Waals surface area contributed by atoms with Gasteiger partial charge in [-0.2, -0.15) is 11.3 Å². The quantitative estimate of drug-likeness (QED) is 0.921. The fourth-order valence-corrected chi connectivity index (χ4v) is 3.33. The minimum Gasteiger partial charge on any atom is -0.274 e. The van der Waals surface area contributed by atoms with Gasteiger partial charge in [-0.15, -0.1) is 0 Å². The fraction of sp³-hybridized carbons (Fsp3) is 0.154. The van der Waals surface area contributed by atoms with E-state index >= 15 is 0 Å². The molecule has 0 radical (unpaired) electrons. The van der Waals surface area contributed by atoms with E-state index in [0.717, 1.165) is 17.7 Å². The second-order valence-corrected chi connectivity index (χ2v) is 6.58. The molecule has 1 heterocycles. The van der Waals surface area contributed by atoms with Gasteiger partial charge in [-0.1, -0.05) is 6.07 Å². The molecule has 2 rings (SSSR count). The standard InChI is InChI=1S/C13H12FNO3S2/c14-11-2-1-3-12(8-11)20(17,18)15-13(16)5-4-10-6-7-19-9-10/h1-3,6-9H,4-5H2,(H,15,16). The molecule has 0 atom stereocenters. The number of carbonyl (C=O) groups is 1. The zero-order valence-electron chi connectivity index (χ0n) is 10.4. The molecule has 106 valence electrons. The SMILES string of the molecule is O=C(CCc1ccsc1)NS(=O)(=O)c1cccc(F)c1. The highest BCUT2D eigenvalue weighted by molar-refractivity contribution is 7.90. The van der Waals surface area contributed by atoms with E-state index in [2.05, 4.69) is 0 Å². The van der Waals surface area contributed by atoms with Gasteiger partial charge in [0.2, 0.25) is 5.91 Å². The number of halogens is 1. The summed E-state index contributed by atoms with van der Waals surface area (Å²) in [5, 5.41) is 3.78. The smallest absolute Gasteiger partial charge is 0.264 e. The molecule has 0 unspecified atom stereocenters. The van der Waals surface area contributed by atoms with Crippen molar-refractivity contribution in [3.63, 3.8) is 0 Å². The number of sulfonamides is 1. The summed E-state index contributed by atoms with van der Waals surface area (Å²) in [6, 6.07) is 6.39. The van der Waals surface area contributed by atoms with Crippen LogP contribution in [0.3, 0.4) is 0 Å². The number of amides is 1. The highest BCUT2D eigenvalue weighted by Gasteiger charge is 2.17. The van der Waals surface area contributed by atoms with Crippen molar-refractivity contribution in [1.29, 1.82) is 0 Å². The molecule has 1 aromatic carbocycles. The van der Waals surface area contributed by atoms with E-state index in [1.807, 2.05) is 21.5 Å². The first-order valence-corrected chi connectivity index (χ1v) is 8.22. The maximum absolute atomic E-state index is 13.0. The second-order valence-electron chi connectivity index (χ2n) is 4.12. The molecule has 0 bridgehead atoms. The number of hydrogen-bond donors (Lipinski definition) is 1. The molecule has 0 aliphatic rings. The van der Waals surface area contributed by atoms with Gasteiger partial charge in [0.05, 0.1) is 4.90 Å². The van der Waals surface area contributed by atoms with E-state index in [0.29, 0.717) is 6.42 Å². The molecule has 1 N–H and O–H groups in total. The van der Waals surface area contributed by atoms with E-state index in [-0.39, 0.29) is 11.3 Å². The summed E-state index contributed by atoms with van der Waals surface area (Å²) in [4.78, 5) is 11.4. The van der Waals surface area contributed by atoms with Crippen molar-refractivity contribution >= 4 is 27.3 Å². The third-order valence-corrected chi connectivity index (χ3v) is 4.68. The molecule has 0 fully saturated rings. The molecule has 0 saturated heterocycles. The van der Waals surface area contributed by atoms with Crippen LogP contribution in [0.25, 0.3) is 0 Å². The number of hydrogen-bond acceptors (Lipinski definition) is 4. The minimum atomic E-state index is -4.01. The van der Waals surface area contributed by atoms with Crippen LogP contribution < -0.4 is 4.72 Å². The topological polar surface area (TPSA) is 63.2 Å². The zero-order chi connectivity index (χ0) is 14.6. The van der Waals surface area contributed by atoms with Gasteiger partial charge in [0.15, 0.2) is 0 Å². The Bertz CT molecular complexity index is 696. The molecule has 0 aliphatic carbocycles. The van der Waals surface area contributed by atoms with Crippen molar-refractivity contribution in [2.24, 2.45) is 0 Å². The zero-order valence-corrected chi connectivity index (χ0v) is 12.0. The van der Waals surface area contributed by atoms with E-state index in [1.165, 1.54) is 23.5 Å². The van der Waals surface area contributed by atoms with Crippen LogP contribution >= 0.6 is 11.3 Å². The molecule has 1 aromatic heterocycles. The van der Waals surface area contributed by atoms with Gasteiger partial charge in [-0.25, -0.2) is 17.5 Å². The van der Waals surface area contributed by atoms with Crippen molar-refractivity contribution in [2.75, 3.05) is 0 Å². The van der Waals surface area contributed by atoms with Gasteiger partial charge in [0.1, 0.15) is 5.82 Å². The summed E-state index contributed by atoms with van der Waals surface area (Å²) >= 11 is 1.51. The Hall–Kier alpha value is -1.73. The largest absolute Gasteiger partial charge is 0.274 e. The average Bonchev–Trinajstić information content (AvgIpc) is 2.89. The molecule has 2 aromatic rings. The van der Waals surface area contributed by atoms with E-state index in [4.69, 9.17) is 0 Å². The van der Waals surface area contributed by atoms with Gasteiger partial charge >= 0.3 is 0 Å². The van der Waals surface area contributed by atoms with Crippen LogP contribution in [0.2, 0.25) is 0 Å². The van der Waals surface area contributed by atoms with Gasteiger partial charge in [0, 0.05) is 6.42 Å². The Kier molecular flexibility index (Phi) is 4.51. The van der Waals surface area contributed by atoms with E-state index < -0.39 is 21.7 Å². The summed E-state index contributed by atoms with van der Waals surface area (Å²) in [5.74, 6) is -1.28. The lowest BCUT2D eigenvalue weighted by Crippen LogP contribution is -2.30. The first kappa shape index (κ1) is 14.7. The Morgan fingerprint density at radius 1 is 1.30 bits per heavy atom. The molecular formula is C13H12FNO3S2. The molecule has 0 spiro atoms. The Balaban J connectivity index is 1.99. The highest BCUT2D eigenvalue weighted by Crippen LogP contribution is 2.11. The number of thiophene rings is 1. The van der Waals surface area contributed by atoms with Crippen molar-refractivity contribution in [2.45, 2.75) is 17.7 Å². The van der Waals surface area contributed by atoms with Gasteiger partial charge in [0.25, 0.3) is 10.0 Å². The van der Waals surface area contributed by atoms with Gasteiger partial charge < -0.3 is 0 Å². The Labute approximate surface area is 120 Å². The first-order valence-electron chi connectivity index (χ1n) is 5.80. The number of aryl methyl sites for hydroxylation is 1. The number of benzene rings is 1. The molecular weight excluding hydrogens is 301 g/mol. The summed E-state index contributed by atoms with van der Waals surface area (Å²) in [5.41, 5.74) is 0.980. The summed E-state index contributed by atoms with van der Waals surface area (Å²) in [6.07, 6.45) is 0.527. The highest BCUT2D eigenvalue weighted by atomic mass is 32.2. The molecule has 7 heteroatoms. The summed E-state index contributed by atoms with van der Waals surface area (Å²) < 4.78 is 38.6. The van der Waals surface area contributed by atoms with Crippen LogP contribution in [0.5, 0.6) is 0 Å². The fourth-order valence-electron chi connectivity index (χ4n) is 1.59. The summed E-state index contributed by atoms with van der Waals surface area (Å²) in [7, 11) is -4.01. The maximum atomic E-state index is 13.0. The van der Waals surface area contributed by atoms with Crippen molar-refractivity contribution in [3.05, 3.63) is 52.5 Å². The van der Waals surface area contributed by atoms with Gasteiger partial charge in [-0.3, -0.25) is 4.79 Å². The van der Waals surface area contributed by atoms with E-state index in [9.17, 15) is 17.6 Å². The Morgan fingerprint density at radius 3 is 2.75 bits per heavy atom. The van der Waals surface area contributed by atoms with Crippen LogP contribution in [-0.4, -0.2) is 14.3 Å². The van der Waals surface area contributed by atoms with Crippen LogP contribution in [0.15, 0.2) is 46.0 Å². The number of carbonyl (C=O) groups excluding carboxylic acids is 1. The predicted octanol–water partition coefficient (Wildman–Crippen LogP) is 2.32. The van der Waals surface area contributed by atoms with Crippen LogP contribution in [0.1, 0.15) is 12.0 Å². The van der Waals surface area contributed by atoms with Crippen molar-refractivity contribution in [3.8, 4) is 0 Å². The predicted molar refractivity (Wildman–Crippen MR) is 74.4 cm³/mol. The summed E-state index contributed by atoms with van der Waals surface area (Å²) in [6.45, 7) is 0. The van der Waals surface area contributed by atoms with Crippen LogP contribution in [-0.2, 0) is 21.2 Å². The second kappa shape index (κ2) is 6.15. The van der Waals surface area contributed by atoms with Crippen molar-refractivity contribution < 1.29 is 17.6 Å². The van der Waals surface area contributed by atoms with Crippen LogP contribution in [0.4, 0.5) is 4.39 Å². The monoisotopic (exact) mass is 313 g/mol. The van der Waals surface area contributed by atoms with Crippen molar-refractivity contribution in [1.82, 2.24) is 4.72 Å². The number of rotatable bonds is 5. The number of nitrogens with one attached hydrogen (secondary N) is 1. The first-order chi connectivity index (χ1) is 9.47.